The third-order valence-electron chi connectivity index (χ3n) is 5.46. The molecule has 9 nitrogen and oxygen atoms in total. The molecule has 2 aromatic heterocycles. The van der Waals surface area contributed by atoms with Crippen molar-refractivity contribution in [1.82, 2.24) is 19.1 Å². The number of ketones is 1. The average molecular weight is 480 g/mol. The first-order valence-corrected chi connectivity index (χ1v) is 11.7. The number of nitrogen functional groups attached to an aromatic ring is 1. The number of fused-ring (bicyclic) bond motifs is 1. The maximum Gasteiger partial charge on any atom is 0.330 e. The topological polar surface area (TPSA) is 125 Å². The number of carbonyl (C=O) groups is 1. The van der Waals surface area contributed by atoms with E-state index in [-0.39, 0.29) is 30.3 Å². The van der Waals surface area contributed by atoms with Crippen LogP contribution in [0.25, 0.3) is 11.0 Å². The Labute approximate surface area is 199 Å². The molecule has 10 heteroatoms. The Morgan fingerprint density at radius 3 is 2.56 bits per heavy atom. The van der Waals surface area contributed by atoms with Crippen molar-refractivity contribution < 1.29 is 9.53 Å². The van der Waals surface area contributed by atoms with Gasteiger partial charge in [-0.2, -0.15) is 0 Å². The Hall–Kier alpha value is -3.63. The van der Waals surface area contributed by atoms with Crippen LogP contribution in [-0.2, 0) is 24.2 Å². The Balaban J connectivity index is 1.58. The molecule has 176 valence electrons. The van der Waals surface area contributed by atoms with Crippen LogP contribution in [0.1, 0.15) is 15.9 Å². The number of aromatic amines is 1. The minimum atomic E-state index is -0.792. The van der Waals surface area contributed by atoms with Crippen molar-refractivity contribution >= 4 is 34.4 Å². The third kappa shape index (κ3) is 4.97. The van der Waals surface area contributed by atoms with Crippen LogP contribution >= 0.6 is 11.8 Å². The molecular weight excluding hydrogens is 454 g/mol. The molecule has 0 aliphatic carbocycles. The Morgan fingerprint density at radius 1 is 1.06 bits per heavy atom. The summed E-state index contributed by atoms with van der Waals surface area (Å²) in [6.45, 7) is 1.02. The first kappa shape index (κ1) is 23.5. The smallest absolute Gasteiger partial charge is 0.330 e. The van der Waals surface area contributed by atoms with E-state index in [1.165, 1.54) is 24.4 Å². The molecule has 0 aliphatic heterocycles. The van der Waals surface area contributed by atoms with Gasteiger partial charge in [-0.05, 0) is 24.1 Å². The number of imidazole rings is 1. The number of H-pyrrole nitrogens is 1. The Kier molecular flexibility index (Phi) is 7.29. The van der Waals surface area contributed by atoms with Gasteiger partial charge in [-0.25, -0.2) is 9.78 Å². The molecule has 2 aromatic carbocycles. The van der Waals surface area contributed by atoms with Crippen molar-refractivity contribution in [3.63, 3.8) is 0 Å². The molecule has 4 aromatic rings. The lowest BCUT2D eigenvalue weighted by Gasteiger charge is -2.12. The number of Topliss-reactive ketones (excluding diaryl/α,β-unsaturated/α-hetero) is 1. The quantitative estimate of drug-likeness (QED) is 0.264. The van der Waals surface area contributed by atoms with E-state index >= 15 is 0 Å². The van der Waals surface area contributed by atoms with Crippen molar-refractivity contribution in [3.8, 4) is 0 Å². The van der Waals surface area contributed by atoms with Gasteiger partial charge in [0.25, 0.3) is 5.56 Å². The lowest BCUT2D eigenvalue weighted by atomic mass is 10.1. The van der Waals surface area contributed by atoms with Crippen LogP contribution in [0.15, 0.2) is 69.3 Å². The number of hydrogen-bond acceptors (Lipinski definition) is 7. The molecule has 0 atom stereocenters. The van der Waals surface area contributed by atoms with Gasteiger partial charge in [0.1, 0.15) is 11.4 Å². The van der Waals surface area contributed by atoms with Gasteiger partial charge in [0.05, 0.1) is 29.9 Å². The van der Waals surface area contributed by atoms with Gasteiger partial charge in [0, 0.05) is 13.7 Å². The zero-order chi connectivity index (χ0) is 24.1. The van der Waals surface area contributed by atoms with E-state index < -0.39 is 17.0 Å². The van der Waals surface area contributed by atoms with Crippen LogP contribution in [0.5, 0.6) is 0 Å². The van der Waals surface area contributed by atoms with E-state index in [0.29, 0.717) is 11.7 Å². The monoisotopic (exact) mass is 479 g/mol. The molecule has 0 saturated heterocycles. The Morgan fingerprint density at radius 2 is 1.79 bits per heavy atom. The lowest BCUT2D eigenvalue weighted by molar-refractivity contribution is 0.102. The average Bonchev–Trinajstić information content (AvgIpc) is 3.19. The summed E-state index contributed by atoms with van der Waals surface area (Å²) >= 11 is 1.24. The van der Waals surface area contributed by atoms with Crippen LogP contribution in [0, 0.1) is 0 Å². The molecule has 0 bridgehead atoms. The molecule has 0 fully saturated rings. The first-order chi connectivity index (χ1) is 16.5. The molecule has 2 heterocycles. The van der Waals surface area contributed by atoms with E-state index in [0.717, 1.165) is 22.0 Å². The van der Waals surface area contributed by atoms with Gasteiger partial charge in [-0.3, -0.25) is 19.1 Å². The van der Waals surface area contributed by atoms with Crippen molar-refractivity contribution in [2.75, 3.05) is 25.2 Å². The van der Waals surface area contributed by atoms with Gasteiger partial charge >= 0.3 is 5.69 Å². The van der Waals surface area contributed by atoms with E-state index in [9.17, 15) is 14.4 Å². The van der Waals surface area contributed by atoms with Crippen LogP contribution in [0.4, 0.5) is 5.82 Å². The molecule has 4 rings (SSSR count). The summed E-state index contributed by atoms with van der Waals surface area (Å²) in [5.74, 6) is -0.685. The molecule has 0 amide bonds. The minimum Gasteiger partial charge on any atom is -0.384 e. The molecule has 0 radical (unpaired) electrons. The summed E-state index contributed by atoms with van der Waals surface area (Å²) in [5.41, 5.74) is 7.34. The van der Waals surface area contributed by atoms with Gasteiger partial charge < -0.3 is 15.0 Å². The summed E-state index contributed by atoms with van der Waals surface area (Å²) < 4.78 is 8.19. The number of aryl methyl sites for hydroxylation is 2. The van der Waals surface area contributed by atoms with Crippen LogP contribution in [0.3, 0.4) is 0 Å². The summed E-state index contributed by atoms with van der Waals surface area (Å²) in [5, 5.41) is 0.674. The summed E-state index contributed by atoms with van der Waals surface area (Å²) in [4.78, 5) is 44.3. The van der Waals surface area contributed by atoms with Gasteiger partial charge in [0.2, 0.25) is 0 Å². The number of hydrogen-bond donors (Lipinski definition) is 2. The standard InChI is InChI=1S/C24H25N5O4S/c1-33-14-13-29-21(25)20(22(31)27-23(29)32)19(30)15-34-24-26-17-9-5-6-10-18(17)28(24)12-11-16-7-3-2-4-8-16/h2-10H,11-15,25H2,1H3,(H,27,31,32). The second kappa shape index (κ2) is 10.5. The number of aromatic nitrogens is 4. The summed E-state index contributed by atoms with van der Waals surface area (Å²) in [6.07, 6.45) is 0.805. The number of nitrogens with two attached hydrogens (primary N) is 1. The van der Waals surface area contributed by atoms with Crippen LogP contribution < -0.4 is 17.0 Å². The number of nitrogens with one attached hydrogen (secondary N) is 1. The first-order valence-electron chi connectivity index (χ1n) is 10.8. The number of ether oxygens (including phenoxy) is 1. The van der Waals surface area contributed by atoms with E-state index in [1.807, 2.05) is 42.5 Å². The minimum absolute atomic E-state index is 0.0512. The molecule has 34 heavy (non-hydrogen) atoms. The van der Waals surface area contributed by atoms with Crippen molar-refractivity contribution in [3.05, 3.63) is 86.6 Å². The van der Waals surface area contributed by atoms with Gasteiger partial charge in [0.15, 0.2) is 10.9 Å². The highest BCUT2D eigenvalue weighted by molar-refractivity contribution is 7.99. The fourth-order valence-corrected chi connectivity index (χ4v) is 4.64. The number of benzene rings is 2. The molecule has 0 saturated carbocycles. The number of carbonyl (C=O) groups excluding carboxylic acids is 1. The SMILES string of the molecule is COCCn1c(N)c(C(=O)CSc2nc3ccccc3n2CCc2ccccc2)c(=O)[nH]c1=O. The van der Waals surface area contributed by atoms with E-state index in [2.05, 4.69) is 21.7 Å². The highest BCUT2D eigenvalue weighted by atomic mass is 32.2. The molecule has 0 spiro atoms. The van der Waals surface area contributed by atoms with E-state index in [1.54, 1.807) is 0 Å². The maximum atomic E-state index is 13.0. The molecule has 3 N–H and O–H groups in total. The second-order valence-electron chi connectivity index (χ2n) is 7.65. The van der Waals surface area contributed by atoms with Gasteiger partial charge in [-0.15, -0.1) is 0 Å². The normalized spacial score (nSPS) is 11.2. The van der Waals surface area contributed by atoms with Gasteiger partial charge in [-0.1, -0.05) is 54.2 Å². The predicted octanol–water partition coefficient (Wildman–Crippen LogP) is 2.33. The zero-order valence-corrected chi connectivity index (χ0v) is 19.5. The summed E-state index contributed by atoms with van der Waals surface area (Å²) in [6, 6.07) is 17.9. The second-order valence-corrected chi connectivity index (χ2v) is 8.59. The molecular formula is C24H25N5O4S. The highest BCUT2D eigenvalue weighted by Gasteiger charge is 2.21. The summed E-state index contributed by atoms with van der Waals surface area (Å²) in [7, 11) is 1.49. The fourth-order valence-electron chi connectivity index (χ4n) is 3.73. The third-order valence-corrected chi connectivity index (χ3v) is 6.43. The van der Waals surface area contributed by atoms with E-state index in [4.69, 9.17) is 15.5 Å². The van der Waals surface area contributed by atoms with Crippen molar-refractivity contribution in [2.45, 2.75) is 24.7 Å². The number of rotatable bonds is 10. The largest absolute Gasteiger partial charge is 0.384 e. The Bertz CT molecular complexity index is 1430. The number of methoxy groups -OCH3 is 1. The van der Waals surface area contributed by atoms with Crippen molar-refractivity contribution in [1.29, 1.82) is 0 Å². The zero-order valence-electron chi connectivity index (χ0n) is 18.7. The molecule has 0 aliphatic rings. The van der Waals surface area contributed by atoms with Crippen LogP contribution in [-0.4, -0.2) is 44.4 Å². The lowest BCUT2D eigenvalue weighted by Crippen LogP contribution is -2.37. The maximum absolute atomic E-state index is 13.0. The number of thioether (sulfide) groups is 1. The highest BCUT2D eigenvalue weighted by Crippen LogP contribution is 2.25. The predicted molar refractivity (Wildman–Crippen MR) is 133 cm³/mol. The fraction of sp³-hybridized carbons (Fsp3) is 0.250. The van der Waals surface area contributed by atoms with Crippen molar-refractivity contribution in [2.24, 2.45) is 0 Å². The molecule has 0 unspecified atom stereocenters. The number of para-hydroxylation sites is 2. The van der Waals surface area contributed by atoms with Crippen LogP contribution in [0.2, 0.25) is 0 Å². The number of anilines is 1. The number of nitrogens with zero attached hydrogens (tertiary/aromatic N) is 3.